The number of hydrogen-bond acceptors (Lipinski definition) is 0. The maximum atomic E-state index is 6.52. The summed E-state index contributed by atoms with van der Waals surface area (Å²) in [5, 5.41) is 0. The van der Waals surface area contributed by atoms with Crippen LogP contribution in [0.2, 0.25) is 0 Å². The zero-order valence-corrected chi connectivity index (χ0v) is 11.0. The van der Waals surface area contributed by atoms with Gasteiger partial charge >= 0.3 is 0 Å². The van der Waals surface area contributed by atoms with Crippen molar-refractivity contribution in [2.45, 2.75) is 31.5 Å². The Balaban J connectivity index is 2.36. The molecule has 0 N–H and O–H groups in total. The van der Waals surface area contributed by atoms with Crippen molar-refractivity contribution in [2.75, 3.05) is 0 Å². The van der Waals surface area contributed by atoms with Crippen molar-refractivity contribution in [1.82, 2.24) is 0 Å². The average Bonchev–Trinajstić information content (AvgIpc) is 2.38. The molecule has 0 radical (unpaired) electrons. The molecule has 2 aliphatic rings. The van der Waals surface area contributed by atoms with E-state index in [-0.39, 0.29) is 0 Å². The summed E-state index contributed by atoms with van der Waals surface area (Å²) in [6, 6.07) is 0. The summed E-state index contributed by atoms with van der Waals surface area (Å²) in [7, 11) is 0. The van der Waals surface area contributed by atoms with Gasteiger partial charge in [-0.1, -0.05) is 44.6 Å². The van der Waals surface area contributed by atoms with Gasteiger partial charge in [0.25, 0.3) is 0 Å². The van der Waals surface area contributed by atoms with Crippen LogP contribution in [-0.2, 0) is 0 Å². The first kappa shape index (κ1) is 11.5. The molecular weight excluding hydrogens is 227 g/mol. The van der Waals surface area contributed by atoms with E-state index < -0.39 is 4.33 Å². The predicted molar refractivity (Wildman–Crippen MR) is 67.3 cm³/mol. The van der Waals surface area contributed by atoms with E-state index in [9.17, 15) is 0 Å². The van der Waals surface area contributed by atoms with Gasteiger partial charge in [-0.05, 0) is 24.2 Å². The minimum Gasteiger partial charge on any atom is -0.101 e. The van der Waals surface area contributed by atoms with Gasteiger partial charge < -0.3 is 0 Å². The standard InChI is InChI=1S/C13H18Cl2/c1-8(2)11-6-4-5-10-7-9(3)13(14,15)12(10)11/h4-6,8-9,11-12H,7H2,1-3H3. The molecule has 0 spiro atoms. The Labute approximate surface area is 102 Å². The van der Waals surface area contributed by atoms with E-state index in [2.05, 4.69) is 39.0 Å². The fourth-order valence-electron chi connectivity index (χ4n) is 2.87. The third kappa shape index (κ3) is 1.76. The van der Waals surface area contributed by atoms with Gasteiger partial charge in [-0.25, -0.2) is 0 Å². The van der Waals surface area contributed by atoms with Crippen LogP contribution < -0.4 is 0 Å². The zero-order chi connectivity index (χ0) is 11.2. The van der Waals surface area contributed by atoms with Crippen LogP contribution in [0.4, 0.5) is 0 Å². The van der Waals surface area contributed by atoms with Crippen LogP contribution in [0.3, 0.4) is 0 Å². The molecule has 0 aliphatic heterocycles. The van der Waals surface area contributed by atoms with Crippen molar-refractivity contribution in [2.24, 2.45) is 23.7 Å². The van der Waals surface area contributed by atoms with E-state index in [1.54, 1.807) is 0 Å². The van der Waals surface area contributed by atoms with Crippen molar-refractivity contribution in [1.29, 1.82) is 0 Å². The van der Waals surface area contributed by atoms with Gasteiger partial charge in [-0.3, -0.25) is 0 Å². The van der Waals surface area contributed by atoms with Crippen LogP contribution in [0, 0.1) is 23.7 Å². The molecule has 0 amide bonds. The first-order chi connectivity index (χ1) is 6.94. The molecule has 1 saturated carbocycles. The van der Waals surface area contributed by atoms with E-state index in [0.717, 1.165) is 6.42 Å². The van der Waals surface area contributed by atoms with Gasteiger partial charge in [0.05, 0.1) is 0 Å². The highest BCUT2D eigenvalue weighted by atomic mass is 35.5. The highest BCUT2D eigenvalue weighted by Gasteiger charge is 2.51. The molecule has 2 rings (SSSR count). The molecular formula is C13H18Cl2. The Morgan fingerprint density at radius 2 is 2.07 bits per heavy atom. The number of halogens is 2. The Bertz CT molecular complexity index is 312. The fourth-order valence-corrected chi connectivity index (χ4v) is 3.60. The van der Waals surface area contributed by atoms with Gasteiger partial charge in [-0.2, -0.15) is 0 Å². The first-order valence-electron chi connectivity index (χ1n) is 5.69. The van der Waals surface area contributed by atoms with Gasteiger partial charge in [0.2, 0.25) is 0 Å². The lowest BCUT2D eigenvalue weighted by Gasteiger charge is -2.35. The van der Waals surface area contributed by atoms with Crippen LogP contribution in [0.15, 0.2) is 23.8 Å². The molecule has 84 valence electrons. The summed E-state index contributed by atoms with van der Waals surface area (Å²) in [5.41, 5.74) is 1.44. The molecule has 3 unspecified atom stereocenters. The van der Waals surface area contributed by atoms with Gasteiger partial charge in [-0.15, -0.1) is 23.2 Å². The van der Waals surface area contributed by atoms with Gasteiger partial charge in [0, 0.05) is 5.92 Å². The molecule has 2 aliphatic carbocycles. The predicted octanol–water partition coefficient (Wildman–Crippen LogP) is 4.58. The van der Waals surface area contributed by atoms with Gasteiger partial charge in [0.15, 0.2) is 0 Å². The largest absolute Gasteiger partial charge is 0.128 e. The normalized spacial score (nSPS) is 38.0. The average molecular weight is 245 g/mol. The summed E-state index contributed by atoms with van der Waals surface area (Å²) in [4.78, 5) is 0. The number of alkyl halides is 2. The molecule has 0 aromatic carbocycles. The topological polar surface area (TPSA) is 0 Å². The molecule has 3 atom stereocenters. The van der Waals surface area contributed by atoms with Crippen LogP contribution >= 0.6 is 23.2 Å². The van der Waals surface area contributed by atoms with Crippen LogP contribution in [-0.4, -0.2) is 4.33 Å². The Hall–Kier alpha value is 0.0600. The van der Waals surface area contributed by atoms with E-state index >= 15 is 0 Å². The number of hydrogen-bond donors (Lipinski definition) is 0. The molecule has 0 aromatic rings. The quantitative estimate of drug-likeness (QED) is 0.593. The smallest absolute Gasteiger partial charge is 0.101 e. The second-order valence-corrected chi connectivity index (χ2v) is 6.65. The Kier molecular flexibility index (Phi) is 2.94. The lowest BCUT2D eigenvalue weighted by atomic mass is 9.77. The Morgan fingerprint density at radius 1 is 1.40 bits per heavy atom. The summed E-state index contributed by atoms with van der Waals surface area (Å²) >= 11 is 13.0. The lowest BCUT2D eigenvalue weighted by molar-refractivity contribution is 0.324. The van der Waals surface area contributed by atoms with Crippen molar-refractivity contribution in [3.05, 3.63) is 23.8 Å². The fraction of sp³-hybridized carbons (Fsp3) is 0.692. The monoisotopic (exact) mass is 244 g/mol. The third-order valence-corrected chi connectivity index (χ3v) is 5.03. The van der Waals surface area contributed by atoms with Gasteiger partial charge in [0.1, 0.15) is 4.33 Å². The van der Waals surface area contributed by atoms with Crippen molar-refractivity contribution in [3.63, 3.8) is 0 Å². The first-order valence-corrected chi connectivity index (χ1v) is 6.45. The molecule has 0 heterocycles. The summed E-state index contributed by atoms with van der Waals surface area (Å²) in [6.07, 6.45) is 7.67. The highest BCUT2D eigenvalue weighted by molar-refractivity contribution is 6.49. The summed E-state index contributed by atoms with van der Waals surface area (Å²) in [5.74, 6) is 1.76. The minimum absolute atomic E-state index is 0.320. The van der Waals surface area contributed by atoms with Crippen LogP contribution in [0.25, 0.3) is 0 Å². The molecule has 15 heavy (non-hydrogen) atoms. The third-order valence-electron chi connectivity index (χ3n) is 3.81. The molecule has 2 heteroatoms. The van der Waals surface area contributed by atoms with E-state index in [1.165, 1.54) is 5.57 Å². The SMILES string of the molecule is CC(C)C1C=CC=C2CC(C)C(Cl)(Cl)C21. The van der Waals surface area contributed by atoms with E-state index in [0.29, 0.717) is 23.7 Å². The minimum atomic E-state index is -0.578. The number of allylic oxidation sites excluding steroid dienone is 4. The van der Waals surface area contributed by atoms with Crippen LogP contribution in [0.1, 0.15) is 27.2 Å². The van der Waals surface area contributed by atoms with Crippen molar-refractivity contribution >= 4 is 23.2 Å². The van der Waals surface area contributed by atoms with Crippen LogP contribution in [0.5, 0.6) is 0 Å². The summed E-state index contributed by atoms with van der Waals surface area (Å²) in [6.45, 7) is 6.63. The molecule has 0 aromatic heterocycles. The zero-order valence-electron chi connectivity index (χ0n) is 9.50. The van der Waals surface area contributed by atoms with Crippen molar-refractivity contribution in [3.8, 4) is 0 Å². The van der Waals surface area contributed by atoms with E-state index in [1.807, 2.05) is 0 Å². The van der Waals surface area contributed by atoms with Crippen molar-refractivity contribution < 1.29 is 0 Å². The molecule has 1 fully saturated rings. The Morgan fingerprint density at radius 3 is 2.67 bits per heavy atom. The number of fused-ring (bicyclic) bond motifs is 1. The van der Waals surface area contributed by atoms with E-state index in [4.69, 9.17) is 23.2 Å². The number of rotatable bonds is 1. The molecule has 0 bridgehead atoms. The highest BCUT2D eigenvalue weighted by Crippen LogP contribution is 2.56. The lowest BCUT2D eigenvalue weighted by Crippen LogP contribution is -2.34. The second-order valence-electron chi connectivity index (χ2n) is 5.21. The maximum absolute atomic E-state index is 6.52. The molecule has 0 nitrogen and oxygen atoms in total. The maximum Gasteiger partial charge on any atom is 0.128 e. The second kappa shape index (κ2) is 3.82. The summed E-state index contributed by atoms with van der Waals surface area (Å²) < 4.78 is -0.578. The molecule has 0 saturated heterocycles.